The van der Waals surface area contributed by atoms with Crippen LogP contribution in [0.2, 0.25) is 0 Å². The van der Waals surface area contributed by atoms with Crippen molar-refractivity contribution in [1.29, 1.82) is 0 Å². The van der Waals surface area contributed by atoms with E-state index >= 15 is 0 Å². The standard InChI is InChI=1S/C18H23FN4O/c1-12-5-3-4-6-16(12)20-18(24)17-11-23(22-21-17)13(2)14-7-9-15(19)10-8-14/h7-13,16H,3-6H2,1-2H3,(H,20,24)/t12-,13+,16+/m1/s1. The molecule has 0 aliphatic heterocycles. The van der Waals surface area contributed by atoms with Gasteiger partial charge in [-0.2, -0.15) is 0 Å². The second kappa shape index (κ2) is 7.11. The van der Waals surface area contributed by atoms with E-state index in [0.29, 0.717) is 11.6 Å². The number of carbonyl (C=O) groups is 1. The summed E-state index contributed by atoms with van der Waals surface area (Å²) in [5.41, 5.74) is 1.23. The van der Waals surface area contributed by atoms with Crippen LogP contribution in [-0.2, 0) is 0 Å². The number of carbonyl (C=O) groups excluding carboxylic acids is 1. The van der Waals surface area contributed by atoms with Crippen molar-refractivity contribution in [3.05, 3.63) is 47.5 Å². The van der Waals surface area contributed by atoms with Crippen molar-refractivity contribution in [2.75, 3.05) is 0 Å². The molecular weight excluding hydrogens is 307 g/mol. The maximum Gasteiger partial charge on any atom is 0.273 e. The van der Waals surface area contributed by atoms with E-state index in [9.17, 15) is 9.18 Å². The Morgan fingerprint density at radius 1 is 1.29 bits per heavy atom. The van der Waals surface area contributed by atoms with Gasteiger partial charge in [0, 0.05) is 6.04 Å². The van der Waals surface area contributed by atoms with Crippen LogP contribution >= 0.6 is 0 Å². The van der Waals surface area contributed by atoms with Gasteiger partial charge in [0.25, 0.3) is 5.91 Å². The molecule has 3 rings (SSSR count). The van der Waals surface area contributed by atoms with Crippen LogP contribution < -0.4 is 5.32 Å². The van der Waals surface area contributed by atoms with Gasteiger partial charge in [0.1, 0.15) is 5.82 Å². The zero-order valence-electron chi connectivity index (χ0n) is 14.1. The predicted molar refractivity (Wildman–Crippen MR) is 89.1 cm³/mol. The third kappa shape index (κ3) is 3.63. The molecule has 1 saturated carbocycles. The minimum Gasteiger partial charge on any atom is -0.348 e. The largest absolute Gasteiger partial charge is 0.348 e. The minimum absolute atomic E-state index is 0.117. The van der Waals surface area contributed by atoms with Gasteiger partial charge in [0.2, 0.25) is 0 Å². The van der Waals surface area contributed by atoms with Gasteiger partial charge in [0.15, 0.2) is 5.69 Å². The molecule has 1 heterocycles. The second-order valence-electron chi connectivity index (χ2n) is 6.65. The molecule has 1 aliphatic carbocycles. The fourth-order valence-corrected chi connectivity index (χ4v) is 3.24. The fraction of sp³-hybridized carbons (Fsp3) is 0.500. The zero-order chi connectivity index (χ0) is 17.1. The summed E-state index contributed by atoms with van der Waals surface area (Å²) in [6.45, 7) is 4.12. The summed E-state index contributed by atoms with van der Waals surface area (Å²) in [5, 5.41) is 11.1. The van der Waals surface area contributed by atoms with Gasteiger partial charge in [-0.15, -0.1) is 5.10 Å². The maximum absolute atomic E-state index is 13.0. The molecule has 1 N–H and O–H groups in total. The lowest BCUT2D eigenvalue weighted by Crippen LogP contribution is -2.41. The molecule has 2 aromatic rings. The molecule has 1 fully saturated rings. The molecule has 1 amide bonds. The second-order valence-corrected chi connectivity index (χ2v) is 6.65. The van der Waals surface area contributed by atoms with Crippen molar-refractivity contribution in [1.82, 2.24) is 20.3 Å². The third-order valence-corrected chi connectivity index (χ3v) is 4.92. The van der Waals surface area contributed by atoms with Gasteiger partial charge in [-0.25, -0.2) is 9.07 Å². The van der Waals surface area contributed by atoms with E-state index in [-0.39, 0.29) is 23.8 Å². The van der Waals surface area contributed by atoms with Gasteiger partial charge < -0.3 is 5.32 Å². The highest BCUT2D eigenvalue weighted by Crippen LogP contribution is 2.24. The third-order valence-electron chi connectivity index (χ3n) is 4.92. The van der Waals surface area contributed by atoms with Crippen LogP contribution in [0.25, 0.3) is 0 Å². The van der Waals surface area contributed by atoms with Crippen molar-refractivity contribution in [3.63, 3.8) is 0 Å². The molecular formula is C18H23FN4O. The molecule has 0 spiro atoms. The van der Waals surface area contributed by atoms with E-state index in [2.05, 4.69) is 22.6 Å². The summed E-state index contributed by atoms with van der Waals surface area (Å²) in [4.78, 5) is 12.4. The highest BCUT2D eigenvalue weighted by molar-refractivity contribution is 5.92. The number of nitrogens with zero attached hydrogens (tertiary/aromatic N) is 3. The van der Waals surface area contributed by atoms with E-state index in [4.69, 9.17) is 0 Å². The van der Waals surface area contributed by atoms with Gasteiger partial charge in [-0.3, -0.25) is 4.79 Å². The average Bonchev–Trinajstić information content (AvgIpc) is 3.07. The molecule has 24 heavy (non-hydrogen) atoms. The highest BCUT2D eigenvalue weighted by Gasteiger charge is 2.24. The van der Waals surface area contributed by atoms with Crippen LogP contribution in [0.4, 0.5) is 4.39 Å². The first-order chi connectivity index (χ1) is 11.5. The van der Waals surface area contributed by atoms with Crippen molar-refractivity contribution < 1.29 is 9.18 Å². The normalized spacial score (nSPS) is 22.1. The summed E-state index contributed by atoms with van der Waals surface area (Å²) >= 11 is 0. The average molecular weight is 330 g/mol. The van der Waals surface area contributed by atoms with E-state index < -0.39 is 0 Å². The van der Waals surface area contributed by atoms with Crippen LogP contribution in [0.1, 0.15) is 61.6 Å². The van der Waals surface area contributed by atoms with Crippen LogP contribution in [0.15, 0.2) is 30.5 Å². The number of aromatic nitrogens is 3. The number of halogens is 1. The number of amides is 1. The van der Waals surface area contributed by atoms with Crippen LogP contribution in [0.5, 0.6) is 0 Å². The minimum atomic E-state index is -0.272. The molecule has 6 heteroatoms. The van der Waals surface area contributed by atoms with Gasteiger partial charge in [-0.1, -0.05) is 37.1 Å². The molecule has 1 aromatic heterocycles. The Kier molecular flexibility index (Phi) is 4.92. The Labute approximate surface area is 141 Å². The Morgan fingerprint density at radius 3 is 2.71 bits per heavy atom. The molecule has 1 aliphatic rings. The Bertz CT molecular complexity index is 697. The van der Waals surface area contributed by atoms with Crippen LogP contribution in [0, 0.1) is 11.7 Å². The van der Waals surface area contributed by atoms with Crippen molar-refractivity contribution in [2.45, 2.75) is 51.6 Å². The summed E-state index contributed by atoms with van der Waals surface area (Å²) in [6.07, 6.45) is 6.21. The number of hydrogen-bond donors (Lipinski definition) is 1. The quantitative estimate of drug-likeness (QED) is 0.935. The number of hydrogen-bond acceptors (Lipinski definition) is 3. The van der Waals surface area contributed by atoms with Crippen molar-refractivity contribution in [2.24, 2.45) is 5.92 Å². The molecule has 128 valence electrons. The lowest BCUT2D eigenvalue weighted by atomic mass is 9.86. The topological polar surface area (TPSA) is 59.8 Å². The molecule has 5 nitrogen and oxygen atoms in total. The number of rotatable bonds is 4. The summed E-state index contributed by atoms with van der Waals surface area (Å²) < 4.78 is 14.7. The van der Waals surface area contributed by atoms with Crippen molar-refractivity contribution in [3.8, 4) is 0 Å². The first-order valence-electron chi connectivity index (χ1n) is 8.53. The van der Waals surface area contributed by atoms with E-state index in [1.165, 1.54) is 18.6 Å². The van der Waals surface area contributed by atoms with E-state index in [0.717, 1.165) is 24.8 Å². The monoisotopic (exact) mass is 330 g/mol. The number of nitrogens with one attached hydrogen (secondary N) is 1. The summed E-state index contributed by atoms with van der Waals surface area (Å²) in [6, 6.07) is 6.36. The molecule has 0 radical (unpaired) electrons. The lowest BCUT2D eigenvalue weighted by Gasteiger charge is -2.29. The first kappa shape index (κ1) is 16.6. The van der Waals surface area contributed by atoms with Gasteiger partial charge >= 0.3 is 0 Å². The number of benzene rings is 1. The Hall–Kier alpha value is -2.24. The van der Waals surface area contributed by atoms with Crippen LogP contribution in [0.3, 0.4) is 0 Å². The summed E-state index contributed by atoms with van der Waals surface area (Å²) in [5.74, 6) is 0.0494. The smallest absolute Gasteiger partial charge is 0.273 e. The molecule has 1 aromatic carbocycles. The summed E-state index contributed by atoms with van der Waals surface area (Å²) in [7, 11) is 0. The van der Waals surface area contributed by atoms with E-state index in [1.807, 2.05) is 6.92 Å². The fourth-order valence-electron chi connectivity index (χ4n) is 3.24. The van der Waals surface area contributed by atoms with Crippen LogP contribution in [-0.4, -0.2) is 26.9 Å². The lowest BCUT2D eigenvalue weighted by molar-refractivity contribution is 0.0905. The van der Waals surface area contributed by atoms with Gasteiger partial charge in [0.05, 0.1) is 12.2 Å². The Morgan fingerprint density at radius 2 is 2.00 bits per heavy atom. The van der Waals surface area contributed by atoms with E-state index in [1.54, 1.807) is 23.0 Å². The molecule has 0 bridgehead atoms. The zero-order valence-corrected chi connectivity index (χ0v) is 14.1. The van der Waals surface area contributed by atoms with Crippen molar-refractivity contribution >= 4 is 5.91 Å². The molecule has 0 saturated heterocycles. The SMILES string of the molecule is C[C@@H]1CCCC[C@@H]1NC(=O)c1cn([C@@H](C)c2ccc(F)cc2)nn1. The van der Waals surface area contributed by atoms with Gasteiger partial charge in [-0.05, 0) is 43.4 Å². The first-order valence-corrected chi connectivity index (χ1v) is 8.53. The Balaban J connectivity index is 1.68. The molecule has 3 atom stereocenters. The predicted octanol–water partition coefficient (Wildman–Crippen LogP) is 3.34. The molecule has 0 unspecified atom stereocenters. The highest BCUT2D eigenvalue weighted by atomic mass is 19.1. The maximum atomic E-state index is 13.0.